The van der Waals surface area contributed by atoms with Gasteiger partial charge in [0.1, 0.15) is 5.75 Å². The minimum Gasteiger partial charge on any atom is -0.507 e. The number of aromatic hydroxyl groups is 1. The standard InChI is InChI=1S/C29H22N2O4S/c1-35-28(34)19-12-10-18(11-13-19)26-22-15-14-17-6-2-4-8-21(17)25(22)30-29-31(26)27(33)24(36-29)16-20-7-3-5-9-23(20)32/h2-13,16,26,32H,14-15H2,1H3/b24-16-. The Kier molecular flexibility index (Phi) is 5.42. The Labute approximate surface area is 210 Å². The molecule has 7 heteroatoms. The number of phenols is 1. The van der Waals surface area contributed by atoms with Gasteiger partial charge >= 0.3 is 5.97 Å². The molecule has 0 spiro atoms. The number of hydrogen-bond donors (Lipinski definition) is 1. The van der Waals surface area contributed by atoms with E-state index in [4.69, 9.17) is 9.73 Å². The number of carbonyl (C=O) groups excluding carboxylic acids is 1. The highest BCUT2D eigenvalue weighted by Crippen LogP contribution is 2.41. The Morgan fingerprint density at radius 2 is 1.81 bits per heavy atom. The highest BCUT2D eigenvalue weighted by Gasteiger charge is 2.32. The second-order valence-electron chi connectivity index (χ2n) is 8.79. The molecule has 0 saturated heterocycles. The molecule has 1 unspecified atom stereocenters. The third-order valence-electron chi connectivity index (χ3n) is 6.74. The molecule has 6 nitrogen and oxygen atoms in total. The van der Waals surface area contributed by atoms with Gasteiger partial charge in [0.15, 0.2) is 4.80 Å². The lowest BCUT2D eigenvalue weighted by atomic mass is 9.83. The van der Waals surface area contributed by atoms with Gasteiger partial charge < -0.3 is 9.84 Å². The van der Waals surface area contributed by atoms with Crippen LogP contribution in [-0.2, 0) is 11.2 Å². The summed E-state index contributed by atoms with van der Waals surface area (Å²) in [5.74, 6) is -0.286. The summed E-state index contributed by atoms with van der Waals surface area (Å²) in [4.78, 5) is 31.4. The zero-order valence-corrected chi connectivity index (χ0v) is 20.3. The van der Waals surface area contributed by atoms with Gasteiger partial charge in [0.25, 0.3) is 5.56 Å². The van der Waals surface area contributed by atoms with E-state index in [1.165, 1.54) is 24.0 Å². The lowest BCUT2D eigenvalue weighted by molar-refractivity contribution is 0.0600. The maximum absolute atomic E-state index is 13.8. The minimum atomic E-state index is -0.403. The molecule has 178 valence electrons. The number of hydrogen-bond acceptors (Lipinski definition) is 6. The predicted octanol–water partition coefficient (Wildman–Crippen LogP) is 3.81. The van der Waals surface area contributed by atoms with Gasteiger partial charge in [-0.25, -0.2) is 9.79 Å². The number of rotatable bonds is 3. The molecule has 0 amide bonds. The molecule has 2 heterocycles. The molecule has 2 aliphatic rings. The number of esters is 1. The molecule has 1 aromatic heterocycles. The van der Waals surface area contributed by atoms with Crippen LogP contribution in [0.25, 0.3) is 11.8 Å². The molecule has 1 atom stereocenters. The van der Waals surface area contributed by atoms with Crippen molar-refractivity contribution < 1.29 is 14.6 Å². The molecule has 3 aromatic carbocycles. The quantitative estimate of drug-likeness (QED) is 0.439. The van der Waals surface area contributed by atoms with Crippen molar-refractivity contribution in [2.45, 2.75) is 18.9 Å². The van der Waals surface area contributed by atoms with Gasteiger partial charge in [-0.15, -0.1) is 0 Å². The summed E-state index contributed by atoms with van der Waals surface area (Å²) >= 11 is 1.31. The molecule has 0 saturated carbocycles. The first-order valence-electron chi connectivity index (χ1n) is 11.6. The minimum absolute atomic E-state index is 0.117. The average Bonchev–Trinajstić information content (AvgIpc) is 3.22. The SMILES string of the molecule is COC(=O)c1ccc(C2C3=C(N=c4s/c(=C\c5ccccc5O)c(=O)n42)c2ccccc2CC3)cc1. The van der Waals surface area contributed by atoms with E-state index < -0.39 is 5.97 Å². The summed E-state index contributed by atoms with van der Waals surface area (Å²) in [6, 6.07) is 22.1. The van der Waals surface area contributed by atoms with Crippen molar-refractivity contribution in [3.8, 4) is 5.75 Å². The molecule has 4 aromatic rings. The number of aryl methyl sites for hydroxylation is 1. The van der Waals surface area contributed by atoms with E-state index in [9.17, 15) is 14.7 Å². The van der Waals surface area contributed by atoms with Gasteiger partial charge in [-0.1, -0.05) is 65.9 Å². The number of thiazole rings is 1. The van der Waals surface area contributed by atoms with Crippen LogP contribution in [0.1, 0.15) is 45.1 Å². The van der Waals surface area contributed by atoms with E-state index in [0.29, 0.717) is 20.5 Å². The number of phenolic OH excluding ortho intramolecular Hbond substituents is 1. The Bertz CT molecular complexity index is 1730. The number of allylic oxidation sites excluding steroid dienone is 1. The second kappa shape index (κ2) is 8.77. The predicted molar refractivity (Wildman–Crippen MR) is 139 cm³/mol. The highest BCUT2D eigenvalue weighted by molar-refractivity contribution is 7.07. The fourth-order valence-corrected chi connectivity index (χ4v) is 5.98. The average molecular weight is 495 g/mol. The van der Waals surface area contributed by atoms with Crippen molar-refractivity contribution >= 4 is 29.1 Å². The van der Waals surface area contributed by atoms with Crippen molar-refractivity contribution in [2.75, 3.05) is 7.11 Å². The first-order valence-corrected chi connectivity index (χ1v) is 12.5. The van der Waals surface area contributed by atoms with E-state index in [0.717, 1.165) is 35.2 Å². The monoisotopic (exact) mass is 494 g/mol. The van der Waals surface area contributed by atoms with Crippen molar-refractivity contribution in [1.82, 2.24) is 4.57 Å². The summed E-state index contributed by atoms with van der Waals surface area (Å²) in [5.41, 5.74) is 6.11. The van der Waals surface area contributed by atoms with Gasteiger partial charge in [-0.2, -0.15) is 0 Å². The van der Waals surface area contributed by atoms with Crippen LogP contribution in [0.15, 0.2) is 88.2 Å². The summed E-state index contributed by atoms with van der Waals surface area (Å²) in [6.07, 6.45) is 3.36. The largest absolute Gasteiger partial charge is 0.507 e. The number of aromatic nitrogens is 1. The summed E-state index contributed by atoms with van der Waals surface area (Å²) in [5, 5.41) is 10.3. The lowest BCUT2D eigenvalue weighted by Crippen LogP contribution is -2.38. The molecule has 0 radical (unpaired) electrons. The number of carbonyl (C=O) groups is 1. The Morgan fingerprint density at radius 1 is 1.06 bits per heavy atom. The normalized spacial score (nSPS) is 16.6. The van der Waals surface area contributed by atoms with Gasteiger partial charge in [0.05, 0.1) is 28.9 Å². The number of para-hydroxylation sites is 1. The third-order valence-corrected chi connectivity index (χ3v) is 7.73. The van der Waals surface area contributed by atoms with Crippen molar-refractivity contribution in [2.24, 2.45) is 4.99 Å². The highest BCUT2D eigenvalue weighted by atomic mass is 32.1. The van der Waals surface area contributed by atoms with Crippen molar-refractivity contribution in [3.05, 3.63) is 126 Å². The van der Waals surface area contributed by atoms with Crippen LogP contribution in [0.3, 0.4) is 0 Å². The lowest BCUT2D eigenvalue weighted by Gasteiger charge is -2.30. The van der Waals surface area contributed by atoms with Crippen LogP contribution in [0, 0.1) is 0 Å². The second-order valence-corrected chi connectivity index (χ2v) is 9.80. The molecule has 1 aliphatic carbocycles. The first-order chi connectivity index (χ1) is 17.5. The first kappa shape index (κ1) is 22.2. The van der Waals surface area contributed by atoms with Crippen LogP contribution < -0.4 is 14.9 Å². The summed E-state index contributed by atoms with van der Waals surface area (Å²) < 4.78 is 7.10. The van der Waals surface area contributed by atoms with Crippen molar-refractivity contribution in [3.63, 3.8) is 0 Å². The molecule has 36 heavy (non-hydrogen) atoms. The third kappa shape index (κ3) is 3.60. The Morgan fingerprint density at radius 3 is 2.58 bits per heavy atom. The smallest absolute Gasteiger partial charge is 0.337 e. The van der Waals surface area contributed by atoms with Crippen molar-refractivity contribution in [1.29, 1.82) is 0 Å². The van der Waals surface area contributed by atoms with Crippen LogP contribution in [0.4, 0.5) is 0 Å². The van der Waals surface area contributed by atoms with Gasteiger partial charge in [0, 0.05) is 11.1 Å². The number of benzene rings is 3. The molecular weight excluding hydrogens is 472 g/mol. The van der Waals surface area contributed by atoms with Gasteiger partial charge in [0.2, 0.25) is 0 Å². The van der Waals surface area contributed by atoms with E-state index in [1.54, 1.807) is 41.0 Å². The van der Waals surface area contributed by atoms with Gasteiger partial charge in [-0.3, -0.25) is 9.36 Å². The number of nitrogens with zero attached hydrogens (tertiary/aromatic N) is 2. The Hall–Kier alpha value is -4.23. The molecule has 1 N–H and O–H groups in total. The zero-order valence-electron chi connectivity index (χ0n) is 19.5. The maximum Gasteiger partial charge on any atom is 0.337 e. The summed E-state index contributed by atoms with van der Waals surface area (Å²) in [7, 11) is 1.36. The fourth-order valence-electron chi connectivity index (χ4n) is 4.99. The molecule has 0 bridgehead atoms. The molecule has 0 fully saturated rings. The number of fused-ring (bicyclic) bond motifs is 3. The number of methoxy groups -OCH3 is 1. The molecule has 1 aliphatic heterocycles. The summed E-state index contributed by atoms with van der Waals surface area (Å²) in [6.45, 7) is 0. The van der Waals surface area contributed by atoms with Crippen LogP contribution in [0.5, 0.6) is 5.75 Å². The number of ether oxygens (including phenoxy) is 1. The van der Waals surface area contributed by atoms with E-state index in [2.05, 4.69) is 12.1 Å². The maximum atomic E-state index is 13.8. The topological polar surface area (TPSA) is 80.9 Å². The molecule has 6 rings (SSSR count). The zero-order chi connectivity index (χ0) is 24.8. The van der Waals surface area contributed by atoms with Crippen LogP contribution in [0.2, 0.25) is 0 Å². The van der Waals surface area contributed by atoms with Gasteiger partial charge in [-0.05, 0) is 53.8 Å². The van der Waals surface area contributed by atoms with E-state index in [1.807, 2.05) is 30.3 Å². The fraction of sp³-hybridized carbons (Fsp3) is 0.138. The van der Waals surface area contributed by atoms with Crippen LogP contribution >= 0.6 is 11.3 Å². The Balaban J connectivity index is 1.60. The molecular formula is C29H22N2O4S. The van der Waals surface area contributed by atoms with Crippen LogP contribution in [-0.4, -0.2) is 22.8 Å². The van der Waals surface area contributed by atoms with E-state index >= 15 is 0 Å². The van der Waals surface area contributed by atoms with E-state index in [-0.39, 0.29) is 17.4 Å².